The molecule has 0 aromatic heterocycles. The van der Waals surface area contributed by atoms with E-state index in [1.165, 1.54) is 0 Å². The summed E-state index contributed by atoms with van der Waals surface area (Å²) in [7, 11) is 0. The van der Waals surface area contributed by atoms with E-state index in [9.17, 15) is 5.11 Å². The quantitative estimate of drug-likeness (QED) is 0.742. The molecule has 2 heterocycles. The van der Waals surface area contributed by atoms with Crippen molar-refractivity contribution in [1.29, 1.82) is 0 Å². The molecule has 4 nitrogen and oxygen atoms in total. The Morgan fingerprint density at radius 2 is 1.88 bits per heavy atom. The van der Waals surface area contributed by atoms with E-state index in [0.29, 0.717) is 0 Å². The van der Waals surface area contributed by atoms with Gasteiger partial charge in [-0.3, -0.25) is 0 Å². The molecule has 1 aromatic carbocycles. The minimum Gasteiger partial charge on any atom is -0.454 e. The van der Waals surface area contributed by atoms with E-state index in [1.807, 2.05) is 18.2 Å². The summed E-state index contributed by atoms with van der Waals surface area (Å²) in [5.41, 5.74) is 0.213. The molecule has 2 N–H and O–H groups in total. The molecule has 0 amide bonds. The molecule has 0 radical (unpaired) electrons. The van der Waals surface area contributed by atoms with E-state index in [-0.39, 0.29) is 6.79 Å². The Labute approximate surface area is 94.2 Å². The zero-order valence-corrected chi connectivity index (χ0v) is 9.03. The molecule has 0 unspecified atom stereocenters. The number of hydrogen-bond donors (Lipinski definition) is 2. The molecule has 2 aliphatic rings. The first kappa shape index (κ1) is 9.93. The summed E-state index contributed by atoms with van der Waals surface area (Å²) in [6.07, 6.45) is 1.49. The summed E-state index contributed by atoms with van der Waals surface area (Å²) in [6, 6.07) is 5.70. The van der Waals surface area contributed by atoms with Gasteiger partial charge in [0.25, 0.3) is 0 Å². The van der Waals surface area contributed by atoms with Crippen LogP contribution < -0.4 is 14.8 Å². The monoisotopic (exact) mass is 221 g/mol. The smallest absolute Gasteiger partial charge is 0.231 e. The highest BCUT2D eigenvalue weighted by Gasteiger charge is 2.32. The minimum absolute atomic E-state index is 0.277. The Kier molecular flexibility index (Phi) is 2.26. The Hall–Kier alpha value is -1.26. The van der Waals surface area contributed by atoms with Crippen LogP contribution in [0.15, 0.2) is 18.2 Å². The van der Waals surface area contributed by atoms with Gasteiger partial charge >= 0.3 is 0 Å². The zero-order chi connectivity index (χ0) is 11.0. The highest BCUT2D eigenvalue weighted by molar-refractivity contribution is 5.46. The summed E-state index contributed by atoms with van der Waals surface area (Å²) in [6.45, 7) is 1.98. The third kappa shape index (κ3) is 1.54. The van der Waals surface area contributed by atoms with Gasteiger partial charge in [-0.1, -0.05) is 6.07 Å². The second-order valence-corrected chi connectivity index (χ2v) is 4.35. The predicted molar refractivity (Wildman–Crippen MR) is 58.6 cm³/mol. The summed E-state index contributed by atoms with van der Waals surface area (Å²) < 4.78 is 10.6. The lowest BCUT2D eigenvalue weighted by Crippen LogP contribution is -2.39. The van der Waals surface area contributed by atoms with Crippen LogP contribution in [-0.2, 0) is 5.60 Å². The lowest BCUT2D eigenvalue weighted by atomic mass is 9.85. The molecule has 0 aliphatic carbocycles. The Balaban J connectivity index is 1.93. The number of nitrogens with one attached hydrogen (secondary N) is 1. The van der Waals surface area contributed by atoms with Crippen molar-refractivity contribution in [2.75, 3.05) is 19.9 Å². The Bertz CT molecular complexity index is 399. The number of fused-ring (bicyclic) bond motifs is 1. The molecule has 4 heteroatoms. The van der Waals surface area contributed by atoms with E-state index in [1.54, 1.807) is 0 Å². The fraction of sp³-hybridized carbons (Fsp3) is 0.500. The maximum atomic E-state index is 10.5. The van der Waals surface area contributed by atoms with Gasteiger partial charge in [-0.2, -0.15) is 0 Å². The van der Waals surface area contributed by atoms with Crippen molar-refractivity contribution >= 4 is 0 Å². The van der Waals surface area contributed by atoms with E-state index in [0.717, 1.165) is 43.0 Å². The Morgan fingerprint density at radius 1 is 1.12 bits per heavy atom. The van der Waals surface area contributed by atoms with Crippen molar-refractivity contribution in [2.24, 2.45) is 0 Å². The molecule has 3 rings (SSSR count). The third-order valence-electron chi connectivity index (χ3n) is 3.34. The number of hydrogen-bond acceptors (Lipinski definition) is 4. The van der Waals surface area contributed by atoms with E-state index >= 15 is 0 Å². The molecule has 0 bridgehead atoms. The van der Waals surface area contributed by atoms with Crippen LogP contribution in [0.3, 0.4) is 0 Å². The van der Waals surface area contributed by atoms with Crippen LogP contribution >= 0.6 is 0 Å². The minimum atomic E-state index is -0.716. The van der Waals surface area contributed by atoms with Crippen LogP contribution in [0, 0.1) is 0 Å². The highest BCUT2D eigenvalue weighted by Crippen LogP contribution is 2.38. The first-order chi connectivity index (χ1) is 7.78. The number of rotatable bonds is 1. The average molecular weight is 221 g/mol. The first-order valence-electron chi connectivity index (χ1n) is 5.61. The fourth-order valence-corrected chi connectivity index (χ4v) is 2.32. The second kappa shape index (κ2) is 3.64. The maximum Gasteiger partial charge on any atom is 0.231 e. The second-order valence-electron chi connectivity index (χ2n) is 4.35. The summed E-state index contributed by atoms with van der Waals surface area (Å²) in [4.78, 5) is 0. The molecule has 1 fully saturated rings. The lowest BCUT2D eigenvalue weighted by Gasteiger charge is -2.33. The topological polar surface area (TPSA) is 50.7 Å². The predicted octanol–water partition coefficient (Wildman–Crippen LogP) is 0.986. The number of benzene rings is 1. The molecule has 1 saturated heterocycles. The largest absolute Gasteiger partial charge is 0.454 e. The average Bonchev–Trinajstić information content (AvgIpc) is 2.77. The van der Waals surface area contributed by atoms with Gasteiger partial charge in [-0.05, 0) is 43.6 Å². The molecule has 1 aromatic rings. The van der Waals surface area contributed by atoms with Crippen LogP contribution in [0.1, 0.15) is 18.4 Å². The number of ether oxygens (including phenoxy) is 2. The summed E-state index contributed by atoms with van der Waals surface area (Å²) >= 11 is 0. The third-order valence-corrected chi connectivity index (χ3v) is 3.34. The van der Waals surface area contributed by atoms with Crippen molar-refractivity contribution < 1.29 is 14.6 Å². The molecule has 0 saturated carbocycles. The van der Waals surface area contributed by atoms with Gasteiger partial charge in [0.15, 0.2) is 11.5 Å². The lowest BCUT2D eigenvalue weighted by molar-refractivity contribution is 0.00579. The standard InChI is InChI=1S/C12H15NO3/c14-12(3-5-13-6-4-12)9-1-2-10-11(7-9)16-8-15-10/h1-2,7,13-14H,3-6,8H2. The first-order valence-corrected chi connectivity index (χ1v) is 5.61. The van der Waals surface area contributed by atoms with Crippen molar-refractivity contribution in [3.63, 3.8) is 0 Å². The molecule has 2 aliphatic heterocycles. The molecular weight excluding hydrogens is 206 g/mol. The van der Waals surface area contributed by atoms with Crippen LogP contribution in [-0.4, -0.2) is 25.0 Å². The van der Waals surface area contributed by atoms with Gasteiger partial charge < -0.3 is 19.9 Å². The van der Waals surface area contributed by atoms with E-state index in [4.69, 9.17) is 9.47 Å². The fourth-order valence-electron chi connectivity index (χ4n) is 2.32. The van der Waals surface area contributed by atoms with Crippen LogP contribution in [0.2, 0.25) is 0 Å². The number of aliphatic hydroxyl groups is 1. The van der Waals surface area contributed by atoms with Crippen molar-refractivity contribution in [2.45, 2.75) is 18.4 Å². The normalized spacial score (nSPS) is 22.1. The van der Waals surface area contributed by atoms with Gasteiger partial charge in [0.05, 0.1) is 5.60 Å². The summed E-state index contributed by atoms with van der Waals surface area (Å²) in [5.74, 6) is 1.51. The molecular formula is C12H15NO3. The van der Waals surface area contributed by atoms with E-state index < -0.39 is 5.60 Å². The van der Waals surface area contributed by atoms with Gasteiger partial charge in [0.2, 0.25) is 6.79 Å². The van der Waals surface area contributed by atoms with Gasteiger partial charge in [0.1, 0.15) is 0 Å². The van der Waals surface area contributed by atoms with Gasteiger partial charge in [0, 0.05) is 0 Å². The van der Waals surface area contributed by atoms with Gasteiger partial charge in [-0.25, -0.2) is 0 Å². The SMILES string of the molecule is OC1(c2ccc3c(c2)OCO3)CCNCC1. The Morgan fingerprint density at radius 3 is 2.69 bits per heavy atom. The highest BCUT2D eigenvalue weighted by atomic mass is 16.7. The number of piperidine rings is 1. The van der Waals surface area contributed by atoms with E-state index in [2.05, 4.69) is 5.32 Å². The van der Waals surface area contributed by atoms with Crippen LogP contribution in [0.4, 0.5) is 0 Å². The van der Waals surface area contributed by atoms with Crippen LogP contribution in [0.25, 0.3) is 0 Å². The summed E-state index contributed by atoms with van der Waals surface area (Å²) in [5, 5.41) is 13.8. The molecule has 0 atom stereocenters. The molecule has 0 spiro atoms. The maximum absolute atomic E-state index is 10.5. The van der Waals surface area contributed by atoms with Crippen molar-refractivity contribution in [3.05, 3.63) is 23.8 Å². The zero-order valence-electron chi connectivity index (χ0n) is 9.03. The van der Waals surface area contributed by atoms with Gasteiger partial charge in [-0.15, -0.1) is 0 Å². The molecule has 86 valence electrons. The van der Waals surface area contributed by atoms with Crippen molar-refractivity contribution in [3.8, 4) is 11.5 Å². The van der Waals surface area contributed by atoms with Crippen molar-refractivity contribution in [1.82, 2.24) is 5.32 Å². The molecule has 16 heavy (non-hydrogen) atoms. The van der Waals surface area contributed by atoms with Crippen LogP contribution in [0.5, 0.6) is 11.5 Å².